The summed E-state index contributed by atoms with van der Waals surface area (Å²) in [6.07, 6.45) is 1.47. The van der Waals surface area contributed by atoms with Gasteiger partial charge in [0.2, 0.25) is 17.7 Å². The molecular weight excluding hydrogens is 436 g/mol. The molecule has 0 spiro atoms. The van der Waals surface area contributed by atoms with Crippen molar-refractivity contribution in [3.63, 3.8) is 0 Å². The second-order valence-corrected chi connectivity index (χ2v) is 9.85. The van der Waals surface area contributed by atoms with Crippen molar-refractivity contribution in [1.82, 2.24) is 9.88 Å². The van der Waals surface area contributed by atoms with E-state index in [1.165, 1.54) is 11.3 Å². The molecule has 2 aliphatic rings. The van der Waals surface area contributed by atoms with Crippen molar-refractivity contribution in [3.05, 3.63) is 54.1 Å². The maximum atomic E-state index is 13.1. The van der Waals surface area contributed by atoms with E-state index in [1.807, 2.05) is 54.3 Å². The molecule has 1 aromatic heterocycles. The number of aryl methyl sites for hydroxylation is 1. The maximum absolute atomic E-state index is 13.1. The first-order valence-corrected chi connectivity index (χ1v) is 12.1. The summed E-state index contributed by atoms with van der Waals surface area (Å²) in [6, 6.07) is 15.5. The number of likely N-dealkylation sites (tertiary alicyclic amines) is 1. The average molecular weight is 463 g/mol. The van der Waals surface area contributed by atoms with Crippen LogP contribution in [0.3, 0.4) is 0 Å². The summed E-state index contributed by atoms with van der Waals surface area (Å²) in [5, 5.41) is 3.58. The molecule has 5 rings (SSSR count). The van der Waals surface area contributed by atoms with E-state index < -0.39 is 0 Å². The van der Waals surface area contributed by atoms with Gasteiger partial charge in [-0.05, 0) is 49.6 Å². The van der Waals surface area contributed by atoms with Gasteiger partial charge in [0.05, 0.1) is 16.1 Å². The second kappa shape index (κ2) is 8.94. The van der Waals surface area contributed by atoms with Gasteiger partial charge in [-0.2, -0.15) is 0 Å². The van der Waals surface area contributed by atoms with E-state index in [0.717, 1.165) is 21.5 Å². The Balaban J connectivity index is 1.15. The number of hydrogen-bond donors (Lipinski definition) is 1. The summed E-state index contributed by atoms with van der Waals surface area (Å²) in [4.78, 5) is 46.3. The third-order valence-electron chi connectivity index (χ3n) is 6.49. The second-order valence-electron chi connectivity index (χ2n) is 8.82. The minimum absolute atomic E-state index is 0.0140. The molecule has 2 saturated heterocycles. The molecule has 33 heavy (non-hydrogen) atoms. The van der Waals surface area contributed by atoms with Crippen LogP contribution in [0.5, 0.6) is 0 Å². The van der Waals surface area contributed by atoms with Gasteiger partial charge in [0, 0.05) is 37.7 Å². The summed E-state index contributed by atoms with van der Waals surface area (Å²) in [5.41, 5.74) is 2.88. The number of nitrogens with one attached hydrogen (secondary N) is 1. The van der Waals surface area contributed by atoms with Gasteiger partial charge < -0.3 is 15.1 Å². The quantitative estimate of drug-likeness (QED) is 0.639. The first-order chi connectivity index (χ1) is 16.0. The van der Waals surface area contributed by atoms with E-state index in [2.05, 4.69) is 16.4 Å². The van der Waals surface area contributed by atoms with Crippen molar-refractivity contribution in [2.24, 2.45) is 11.8 Å². The van der Waals surface area contributed by atoms with Gasteiger partial charge in [-0.1, -0.05) is 35.6 Å². The van der Waals surface area contributed by atoms with Gasteiger partial charge in [0.1, 0.15) is 0 Å². The summed E-state index contributed by atoms with van der Waals surface area (Å²) < 4.78 is 1.06. The van der Waals surface area contributed by atoms with Crippen LogP contribution in [0.1, 0.15) is 24.8 Å². The first kappa shape index (κ1) is 21.6. The van der Waals surface area contributed by atoms with Crippen LogP contribution in [0.2, 0.25) is 0 Å². The lowest BCUT2D eigenvalue weighted by Crippen LogP contribution is -2.44. The molecule has 1 N–H and O–H groups in total. The van der Waals surface area contributed by atoms with Crippen molar-refractivity contribution in [1.29, 1.82) is 0 Å². The maximum Gasteiger partial charge on any atom is 0.229 e. The lowest BCUT2D eigenvalue weighted by atomic mass is 9.94. The molecule has 170 valence electrons. The van der Waals surface area contributed by atoms with Gasteiger partial charge in [0.25, 0.3) is 0 Å². The van der Waals surface area contributed by atoms with Gasteiger partial charge in [-0.15, -0.1) is 0 Å². The van der Waals surface area contributed by atoms with Crippen LogP contribution in [0, 0.1) is 18.8 Å². The zero-order chi connectivity index (χ0) is 22.9. The van der Waals surface area contributed by atoms with E-state index in [0.29, 0.717) is 37.6 Å². The van der Waals surface area contributed by atoms with Crippen LogP contribution in [0.15, 0.2) is 48.5 Å². The van der Waals surface area contributed by atoms with Crippen molar-refractivity contribution < 1.29 is 14.4 Å². The van der Waals surface area contributed by atoms with Crippen molar-refractivity contribution >= 4 is 50.1 Å². The Kier molecular flexibility index (Phi) is 5.85. The number of piperidine rings is 1. The molecule has 1 unspecified atom stereocenters. The minimum atomic E-state index is -0.325. The van der Waals surface area contributed by atoms with E-state index in [4.69, 9.17) is 0 Å². The summed E-state index contributed by atoms with van der Waals surface area (Å²) in [5.74, 6) is -0.505. The van der Waals surface area contributed by atoms with Crippen LogP contribution < -0.4 is 10.2 Å². The number of hydrogen-bond acceptors (Lipinski definition) is 5. The van der Waals surface area contributed by atoms with Crippen LogP contribution in [-0.2, 0) is 14.4 Å². The Hall–Kier alpha value is -3.26. The van der Waals surface area contributed by atoms with Gasteiger partial charge >= 0.3 is 0 Å². The summed E-state index contributed by atoms with van der Waals surface area (Å²) in [6.45, 7) is 3.52. The Labute approximate surface area is 196 Å². The predicted octanol–water partition coefficient (Wildman–Crippen LogP) is 3.83. The third-order valence-corrected chi connectivity index (χ3v) is 7.43. The number of amides is 3. The Morgan fingerprint density at radius 1 is 1.06 bits per heavy atom. The van der Waals surface area contributed by atoms with Crippen molar-refractivity contribution in [3.8, 4) is 0 Å². The van der Waals surface area contributed by atoms with E-state index in [9.17, 15) is 14.4 Å². The lowest BCUT2D eigenvalue weighted by Gasteiger charge is -2.32. The number of nitrogens with zero attached hydrogens (tertiary/aromatic N) is 3. The number of aromatic nitrogens is 1. The van der Waals surface area contributed by atoms with Gasteiger partial charge in [-0.25, -0.2) is 4.98 Å². The number of fused-ring (bicyclic) bond motifs is 1. The standard InChI is InChI=1S/C25H26N4O3S/c1-16-7-8-20-21(13-16)33-25(26-20)27-23(31)17-9-11-28(12-10-17)24(32)18-14-22(30)29(15-18)19-5-3-2-4-6-19/h2-8,13,17-18H,9-12,14-15H2,1H3,(H,26,27,31). The van der Waals surface area contributed by atoms with Gasteiger partial charge in [-0.3, -0.25) is 14.4 Å². The highest BCUT2D eigenvalue weighted by Crippen LogP contribution is 2.30. The highest BCUT2D eigenvalue weighted by atomic mass is 32.1. The molecule has 0 aliphatic carbocycles. The van der Waals surface area contributed by atoms with Crippen LogP contribution in [-0.4, -0.2) is 47.2 Å². The van der Waals surface area contributed by atoms with Gasteiger partial charge in [0.15, 0.2) is 5.13 Å². The number of para-hydroxylation sites is 1. The van der Waals surface area contributed by atoms with Crippen molar-refractivity contribution in [2.75, 3.05) is 29.9 Å². The fourth-order valence-corrected chi connectivity index (χ4v) is 5.61. The molecule has 2 aromatic carbocycles. The number of anilines is 2. The first-order valence-electron chi connectivity index (χ1n) is 11.3. The molecule has 0 radical (unpaired) electrons. The van der Waals surface area contributed by atoms with E-state index >= 15 is 0 Å². The number of benzene rings is 2. The van der Waals surface area contributed by atoms with E-state index in [-0.39, 0.29) is 36.0 Å². The molecular formula is C25H26N4O3S. The smallest absolute Gasteiger partial charge is 0.229 e. The van der Waals surface area contributed by atoms with Crippen LogP contribution in [0.25, 0.3) is 10.2 Å². The molecule has 2 aliphatic heterocycles. The fourth-order valence-electron chi connectivity index (χ4n) is 4.64. The number of rotatable bonds is 4. The number of carbonyl (C=O) groups is 3. The molecule has 8 heteroatoms. The molecule has 3 aromatic rings. The normalized spacial score (nSPS) is 19.3. The zero-order valence-electron chi connectivity index (χ0n) is 18.5. The van der Waals surface area contributed by atoms with E-state index in [1.54, 1.807) is 4.90 Å². The van der Waals surface area contributed by atoms with Crippen LogP contribution in [0.4, 0.5) is 10.8 Å². The highest BCUT2D eigenvalue weighted by molar-refractivity contribution is 7.22. The summed E-state index contributed by atoms with van der Waals surface area (Å²) in [7, 11) is 0. The Bertz CT molecular complexity index is 1200. The monoisotopic (exact) mass is 462 g/mol. The molecule has 1 atom stereocenters. The predicted molar refractivity (Wildman–Crippen MR) is 129 cm³/mol. The molecule has 7 nitrogen and oxygen atoms in total. The topological polar surface area (TPSA) is 82.6 Å². The highest BCUT2D eigenvalue weighted by Gasteiger charge is 2.38. The Morgan fingerprint density at radius 2 is 1.82 bits per heavy atom. The SMILES string of the molecule is Cc1ccc2nc(NC(=O)C3CCN(C(=O)C4CC(=O)N(c5ccccc5)C4)CC3)sc2c1. The largest absolute Gasteiger partial charge is 0.342 e. The molecule has 0 saturated carbocycles. The molecule has 2 fully saturated rings. The average Bonchev–Trinajstić information content (AvgIpc) is 3.41. The Morgan fingerprint density at radius 3 is 2.58 bits per heavy atom. The molecule has 3 amide bonds. The van der Waals surface area contributed by atoms with Crippen LogP contribution >= 0.6 is 11.3 Å². The molecule has 0 bridgehead atoms. The molecule has 3 heterocycles. The third kappa shape index (κ3) is 4.48. The number of thiazole rings is 1. The fraction of sp³-hybridized carbons (Fsp3) is 0.360. The lowest BCUT2D eigenvalue weighted by molar-refractivity contribution is -0.138. The zero-order valence-corrected chi connectivity index (χ0v) is 19.3. The minimum Gasteiger partial charge on any atom is -0.342 e. The van der Waals surface area contributed by atoms with Crippen molar-refractivity contribution in [2.45, 2.75) is 26.2 Å². The summed E-state index contributed by atoms with van der Waals surface area (Å²) >= 11 is 1.48. The number of carbonyl (C=O) groups excluding carboxylic acids is 3.